The first-order valence-corrected chi connectivity index (χ1v) is 5.66. The molecule has 0 amide bonds. The predicted octanol–water partition coefficient (Wildman–Crippen LogP) is 1.98. The van der Waals surface area contributed by atoms with E-state index in [1.807, 2.05) is 30.3 Å². The monoisotopic (exact) mass is 245 g/mol. The van der Waals surface area contributed by atoms with E-state index in [0.717, 1.165) is 22.1 Å². The average Bonchev–Trinajstić information content (AvgIpc) is 2.38. The lowest BCUT2D eigenvalue weighted by Crippen LogP contribution is -2.20. The lowest BCUT2D eigenvalue weighted by atomic mass is 9.96. The third-order valence-corrected chi connectivity index (χ3v) is 3.01. The smallest absolute Gasteiger partial charge is 0.312 e. The molecule has 0 radical (unpaired) electrons. The Morgan fingerprint density at radius 3 is 2.56 bits per heavy atom. The van der Waals surface area contributed by atoms with Gasteiger partial charge in [0, 0.05) is 6.54 Å². The minimum absolute atomic E-state index is 0.0942. The first-order valence-electron chi connectivity index (χ1n) is 5.66. The fourth-order valence-corrected chi connectivity index (χ4v) is 1.97. The van der Waals surface area contributed by atoms with Crippen LogP contribution in [0.3, 0.4) is 0 Å². The van der Waals surface area contributed by atoms with Gasteiger partial charge in [0.25, 0.3) is 0 Å². The summed E-state index contributed by atoms with van der Waals surface area (Å²) < 4.78 is 5.15. The number of methoxy groups -OCH3 is 1. The molecule has 1 atom stereocenters. The largest absolute Gasteiger partial charge is 0.497 e. The van der Waals surface area contributed by atoms with E-state index in [-0.39, 0.29) is 6.54 Å². The van der Waals surface area contributed by atoms with Crippen LogP contribution < -0.4 is 10.5 Å². The highest BCUT2D eigenvalue weighted by Gasteiger charge is 2.17. The summed E-state index contributed by atoms with van der Waals surface area (Å²) in [4.78, 5) is 11.1. The van der Waals surface area contributed by atoms with Gasteiger partial charge in [-0.25, -0.2) is 0 Å². The van der Waals surface area contributed by atoms with E-state index < -0.39 is 11.9 Å². The third kappa shape index (κ3) is 2.28. The molecule has 3 N–H and O–H groups in total. The molecule has 2 aromatic rings. The number of carbonyl (C=O) groups is 1. The maximum absolute atomic E-state index is 11.1. The summed E-state index contributed by atoms with van der Waals surface area (Å²) in [5.74, 6) is -0.772. The molecule has 0 saturated heterocycles. The number of nitrogens with two attached hydrogens (primary N) is 1. The number of benzene rings is 2. The first kappa shape index (κ1) is 12.4. The molecule has 4 nitrogen and oxygen atoms in total. The summed E-state index contributed by atoms with van der Waals surface area (Å²) in [6.07, 6.45) is 0. The number of fused-ring (bicyclic) bond motifs is 1. The van der Waals surface area contributed by atoms with E-state index in [4.69, 9.17) is 15.6 Å². The minimum Gasteiger partial charge on any atom is -0.497 e. The van der Waals surface area contributed by atoms with E-state index in [1.54, 1.807) is 13.2 Å². The number of ether oxygens (including phenoxy) is 1. The molecule has 0 heterocycles. The van der Waals surface area contributed by atoms with E-state index in [0.29, 0.717) is 0 Å². The Hall–Kier alpha value is -2.07. The van der Waals surface area contributed by atoms with Crippen LogP contribution in [-0.2, 0) is 4.79 Å². The van der Waals surface area contributed by atoms with E-state index in [1.165, 1.54) is 0 Å². The Balaban J connectivity index is 2.47. The van der Waals surface area contributed by atoms with Crippen LogP contribution >= 0.6 is 0 Å². The summed E-state index contributed by atoms with van der Waals surface area (Å²) in [6, 6.07) is 11.2. The van der Waals surface area contributed by atoms with Crippen LogP contribution in [0.25, 0.3) is 10.8 Å². The molecule has 0 saturated carbocycles. The van der Waals surface area contributed by atoms with Crippen LogP contribution in [0, 0.1) is 0 Å². The standard InChI is InChI=1S/C14H15NO3/c1-18-12-5-4-9-6-11(3-2-10(9)7-12)13(8-15)14(16)17/h2-7,13H,8,15H2,1H3,(H,16,17)/t13-/m1/s1. The van der Waals surface area contributed by atoms with Gasteiger partial charge in [-0.15, -0.1) is 0 Å². The van der Waals surface area contributed by atoms with E-state index >= 15 is 0 Å². The lowest BCUT2D eigenvalue weighted by Gasteiger charge is -2.11. The number of hydrogen-bond donors (Lipinski definition) is 2. The zero-order chi connectivity index (χ0) is 13.1. The molecule has 0 aromatic heterocycles. The maximum Gasteiger partial charge on any atom is 0.312 e. The molecule has 2 aromatic carbocycles. The highest BCUT2D eigenvalue weighted by molar-refractivity contribution is 5.86. The van der Waals surface area contributed by atoms with Crippen molar-refractivity contribution >= 4 is 16.7 Å². The van der Waals surface area contributed by atoms with Crippen LogP contribution in [0.4, 0.5) is 0 Å². The topological polar surface area (TPSA) is 72.5 Å². The molecule has 4 heteroatoms. The van der Waals surface area contributed by atoms with Crippen molar-refractivity contribution in [3.8, 4) is 5.75 Å². The Bertz CT molecular complexity index is 580. The zero-order valence-corrected chi connectivity index (χ0v) is 10.1. The molecule has 18 heavy (non-hydrogen) atoms. The molecule has 0 aliphatic rings. The van der Waals surface area contributed by atoms with Gasteiger partial charge in [0.15, 0.2) is 0 Å². The predicted molar refractivity (Wildman–Crippen MR) is 69.9 cm³/mol. The van der Waals surface area contributed by atoms with Gasteiger partial charge in [-0.05, 0) is 28.5 Å². The van der Waals surface area contributed by atoms with Crippen LogP contribution in [-0.4, -0.2) is 24.7 Å². The van der Waals surface area contributed by atoms with Crippen LogP contribution in [0.1, 0.15) is 11.5 Å². The molecule has 0 aliphatic heterocycles. The van der Waals surface area contributed by atoms with Crippen LogP contribution in [0.15, 0.2) is 36.4 Å². The Kier molecular flexibility index (Phi) is 3.48. The molecule has 0 fully saturated rings. The number of aliphatic carboxylic acids is 1. The number of carboxylic acid groups (broad SMARTS) is 1. The van der Waals surface area contributed by atoms with Crippen molar-refractivity contribution in [2.24, 2.45) is 5.73 Å². The second kappa shape index (κ2) is 5.06. The van der Waals surface area contributed by atoms with Crippen LogP contribution in [0.5, 0.6) is 5.75 Å². The number of carboxylic acids is 1. The highest BCUT2D eigenvalue weighted by Crippen LogP contribution is 2.25. The minimum atomic E-state index is -0.898. The van der Waals surface area contributed by atoms with Crippen molar-refractivity contribution in [1.82, 2.24) is 0 Å². The maximum atomic E-state index is 11.1. The molecule has 94 valence electrons. The van der Waals surface area contributed by atoms with E-state index in [2.05, 4.69) is 0 Å². The van der Waals surface area contributed by atoms with Gasteiger partial charge in [-0.2, -0.15) is 0 Å². The normalized spacial score (nSPS) is 12.3. The Morgan fingerprint density at radius 1 is 1.28 bits per heavy atom. The molecule has 0 bridgehead atoms. The fourth-order valence-electron chi connectivity index (χ4n) is 1.97. The zero-order valence-electron chi connectivity index (χ0n) is 10.1. The second-order valence-corrected chi connectivity index (χ2v) is 4.10. The van der Waals surface area contributed by atoms with Gasteiger partial charge in [0.1, 0.15) is 5.75 Å². The van der Waals surface area contributed by atoms with Gasteiger partial charge in [0.05, 0.1) is 13.0 Å². The summed E-state index contributed by atoms with van der Waals surface area (Å²) in [5, 5.41) is 11.1. The van der Waals surface area contributed by atoms with Gasteiger partial charge in [-0.1, -0.05) is 24.3 Å². The Morgan fingerprint density at radius 2 is 1.94 bits per heavy atom. The number of rotatable bonds is 4. The number of hydrogen-bond acceptors (Lipinski definition) is 3. The van der Waals surface area contributed by atoms with Gasteiger partial charge in [-0.3, -0.25) is 4.79 Å². The third-order valence-electron chi connectivity index (χ3n) is 3.01. The van der Waals surface area contributed by atoms with Crippen molar-refractivity contribution < 1.29 is 14.6 Å². The van der Waals surface area contributed by atoms with Gasteiger partial charge in [0.2, 0.25) is 0 Å². The molecular weight excluding hydrogens is 230 g/mol. The fraction of sp³-hybridized carbons (Fsp3) is 0.214. The SMILES string of the molecule is COc1ccc2cc([C@@H](CN)C(=O)O)ccc2c1. The summed E-state index contributed by atoms with van der Waals surface area (Å²) in [6.45, 7) is 0.0942. The second-order valence-electron chi connectivity index (χ2n) is 4.10. The lowest BCUT2D eigenvalue weighted by molar-refractivity contribution is -0.138. The molecular formula is C14H15NO3. The summed E-state index contributed by atoms with van der Waals surface area (Å²) in [7, 11) is 1.62. The highest BCUT2D eigenvalue weighted by atomic mass is 16.5. The molecule has 0 unspecified atom stereocenters. The molecule has 2 rings (SSSR count). The molecule has 0 spiro atoms. The van der Waals surface area contributed by atoms with Crippen molar-refractivity contribution in [2.75, 3.05) is 13.7 Å². The average molecular weight is 245 g/mol. The van der Waals surface area contributed by atoms with Gasteiger partial charge < -0.3 is 15.6 Å². The molecule has 0 aliphatic carbocycles. The summed E-state index contributed by atoms with van der Waals surface area (Å²) >= 11 is 0. The quantitative estimate of drug-likeness (QED) is 0.863. The van der Waals surface area contributed by atoms with Crippen molar-refractivity contribution in [3.63, 3.8) is 0 Å². The van der Waals surface area contributed by atoms with Crippen molar-refractivity contribution in [2.45, 2.75) is 5.92 Å². The summed E-state index contributed by atoms with van der Waals surface area (Å²) in [5.41, 5.74) is 6.22. The van der Waals surface area contributed by atoms with Crippen molar-refractivity contribution in [1.29, 1.82) is 0 Å². The van der Waals surface area contributed by atoms with Gasteiger partial charge >= 0.3 is 5.97 Å². The van der Waals surface area contributed by atoms with Crippen LogP contribution in [0.2, 0.25) is 0 Å². The van der Waals surface area contributed by atoms with Crippen molar-refractivity contribution in [3.05, 3.63) is 42.0 Å². The van der Waals surface area contributed by atoms with E-state index in [9.17, 15) is 4.79 Å². The Labute approximate surface area is 105 Å². The first-order chi connectivity index (χ1) is 8.65.